The minimum absolute atomic E-state index is 0.167. The topological polar surface area (TPSA) is 77.3 Å². The number of nitrogens with zero attached hydrogens (tertiary/aromatic N) is 3. The first-order valence-corrected chi connectivity index (χ1v) is 11.7. The van der Waals surface area contributed by atoms with Gasteiger partial charge >= 0.3 is 0 Å². The average Bonchev–Trinajstić information content (AvgIpc) is 3.29. The number of aromatic nitrogens is 1. The fraction of sp³-hybridized carbons (Fsp3) is 0.385. The molecule has 2 fully saturated rings. The lowest BCUT2D eigenvalue weighted by Crippen LogP contribution is -2.51. The van der Waals surface area contributed by atoms with Crippen LogP contribution in [0.4, 0.5) is 0 Å². The van der Waals surface area contributed by atoms with E-state index in [0.29, 0.717) is 18.8 Å². The molecule has 6 rings (SSSR count). The van der Waals surface area contributed by atoms with Crippen LogP contribution in [0.5, 0.6) is 17.2 Å². The van der Waals surface area contributed by atoms with Crippen molar-refractivity contribution in [2.45, 2.75) is 24.8 Å². The van der Waals surface area contributed by atoms with Gasteiger partial charge in [0.15, 0.2) is 17.3 Å². The number of carbonyl (C=O) groups excluding carboxylic acids is 1. The molecule has 1 aliphatic carbocycles. The van der Waals surface area contributed by atoms with Crippen LogP contribution >= 0.6 is 0 Å². The number of hydrogen-bond acceptors (Lipinski definition) is 7. The summed E-state index contributed by atoms with van der Waals surface area (Å²) in [7, 11) is 1.64. The Kier molecular flexibility index (Phi) is 5.17. The van der Waals surface area contributed by atoms with Gasteiger partial charge in [0, 0.05) is 44.4 Å². The molecule has 34 heavy (non-hydrogen) atoms. The number of methoxy groups -OCH3 is 1. The van der Waals surface area contributed by atoms with E-state index in [-0.39, 0.29) is 12.7 Å². The third-order valence-electron chi connectivity index (χ3n) is 7.02. The molecule has 0 atom stereocenters. The van der Waals surface area contributed by atoms with Crippen molar-refractivity contribution in [3.8, 4) is 28.6 Å². The van der Waals surface area contributed by atoms with E-state index in [9.17, 15) is 4.79 Å². The molecule has 1 amide bonds. The van der Waals surface area contributed by atoms with Gasteiger partial charge in [0.05, 0.1) is 18.2 Å². The fourth-order valence-electron chi connectivity index (χ4n) is 4.83. The maximum atomic E-state index is 13.5. The Morgan fingerprint density at radius 1 is 1.03 bits per heavy atom. The smallest absolute Gasteiger partial charge is 0.235 e. The van der Waals surface area contributed by atoms with E-state index in [2.05, 4.69) is 16.1 Å². The second kappa shape index (κ2) is 8.36. The molecule has 3 heterocycles. The maximum absolute atomic E-state index is 13.5. The van der Waals surface area contributed by atoms with Crippen molar-refractivity contribution < 1.29 is 23.5 Å². The van der Waals surface area contributed by atoms with Crippen LogP contribution in [-0.4, -0.2) is 60.9 Å². The third-order valence-corrected chi connectivity index (χ3v) is 7.02. The van der Waals surface area contributed by atoms with Gasteiger partial charge in [-0.15, -0.1) is 0 Å². The van der Waals surface area contributed by atoms with Gasteiger partial charge in [-0.2, -0.15) is 0 Å². The van der Waals surface area contributed by atoms with Crippen LogP contribution in [0.15, 0.2) is 53.1 Å². The zero-order valence-corrected chi connectivity index (χ0v) is 19.2. The first kappa shape index (κ1) is 21.0. The van der Waals surface area contributed by atoms with Gasteiger partial charge < -0.3 is 23.6 Å². The molecule has 0 radical (unpaired) electrons. The van der Waals surface area contributed by atoms with Crippen LogP contribution in [-0.2, 0) is 16.8 Å². The highest BCUT2D eigenvalue weighted by molar-refractivity contribution is 5.91. The molecule has 1 saturated carbocycles. The van der Waals surface area contributed by atoms with Crippen molar-refractivity contribution in [2.75, 3.05) is 40.1 Å². The van der Waals surface area contributed by atoms with E-state index in [1.807, 2.05) is 47.4 Å². The van der Waals surface area contributed by atoms with E-state index >= 15 is 0 Å². The number of carbonyl (C=O) groups is 1. The molecule has 2 aliphatic heterocycles. The Morgan fingerprint density at radius 3 is 2.65 bits per heavy atom. The van der Waals surface area contributed by atoms with Crippen molar-refractivity contribution in [2.24, 2.45) is 0 Å². The number of rotatable bonds is 6. The summed E-state index contributed by atoms with van der Waals surface area (Å²) in [4.78, 5) is 17.9. The molecular formula is C26H27N3O5. The van der Waals surface area contributed by atoms with Crippen molar-refractivity contribution >= 4 is 5.91 Å². The molecule has 1 saturated heterocycles. The van der Waals surface area contributed by atoms with Gasteiger partial charge in [0.2, 0.25) is 12.7 Å². The first-order valence-electron chi connectivity index (χ1n) is 11.7. The molecule has 0 unspecified atom stereocenters. The lowest BCUT2D eigenvalue weighted by molar-refractivity contribution is -0.136. The highest BCUT2D eigenvalue weighted by atomic mass is 16.7. The first-order chi connectivity index (χ1) is 16.6. The Hall–Kier alpha value is -3.52. The monoisotopic (exact) mass is 461 g/mol. The molecule has 1 aromatic heterocycles. The highest BCUT2D eigenvalue weighted by Crippen LogP contribution is 2.50. The van der Waals surface area contributed by atoms with E-state index in [1.165, 1.54) is 5.56 Å². The Bertz CT molecular complexity index is 1210. The van der Waals surface area contributed by atoms with Crippen molar-refractivity contribution in [3.63, 3.8) is 0 Å². The lowest BCUT2D eigenvalue weighted by Gasteiger charge is -2.36. The van der Waals surface area contributed by atoms with Gasteiger partial charge in [0.1, 0.15) is 5.75 Å². The summed E-state index contributed by atoms with van der Waals surface area (Å²) in [5, 5.41) is 4.30. The second-order valence-electron chi connectivity index (χ2n) is 9.15. The maximum Gasteiger partial charge on any atom is 0.235 e. The van der Waals surface area contributed by atoms with Gasteiger partial charge in [-0.05, 0) is 42.7 Å². The zero-order valence-electron chi connectivity index (χ0n) is 19.2. The number of benzene rings is 2. The van der Waals surface area contributed by atoms with Crippen LogP contribution in [0.25, 0.3) is 11.3 Å². The normalized spacial score (nSPS) is 18.7. The number of ether oxygens (including phenoxy) is 3. The highest BCUT2D eigenvalue weighted by Gasteiger charge is 2.55. The number of amides is 1. The predicted octanol–water partition coefficient (Wildman–Crippen LogP) is 3.45. The van der Waals surface area contributed by atoms with E-state index in [0.717, 1.165) is 61.0 Å². The summed E-state index contributed by atoms with van der Waals surface area (Å²) in [6, 6.07) is 15.7. The molecule has 176 valence electrons. The summed E-state index contributed by atoms with van der Waals surface area (Å²) in [5.74, 6) is 3.19. The van der Waals surface area contributed by atoms with Gasteiger partial charge in [-0.3, -0.25) is 9.69 Å². The summed E-state index contributed by atoms with van der Waals surface area (Å²) in [6.07, 6.45) is 1.63. The molecule has 8 heteroatoms. The largest absolute Gasteiger partial charge is 0.497 e. The van der Waals surface area contributed by atoms with E-state index < -0.39 is 5.41 Å². The molecule has 3 aliphatic rings. The Labute approximate surface area is 198 Å². The molecule has 3 aromatic rings. The van der Waals surface area contributed by atoms with Crippen LogP contribution in [0, 0.1) is 0 Å². The minimum Gasteiger partial charge on any atom is -0.497 e. The standard InChI is InChI=1S/C26H27N3O5/c1-31-20-4-2-3-19(14-20)22-15-24(27-34-22)26(7-8-26)25(30)29-11-9-28(10-12-29)16-18-5-6-21-23(13-18)33-17-32-21/h2-6,13-15H,7-12,16-17H2,1H3. The quantitative estimate of drug-likeness (QED) is 0.556. The predicted molar refractivity (Wildman–Crippen MR) is 124 cm³/mol. The number of piperazine rings is 1. The molecular weight excluding hydrogens is 434 g/mol. The Balaban J connectivity index is 1.10. The zero-order chi connectivity index (χ0) is 23.1. The fourth-order valence-corrected chi connectivity index (χ4v) is 4.83. The van der Waals surface area contributed by atoms with E-state index in [1.54, 1.807) is 7.11 Å². The molecule has 0 N–H and O–H groups in total. The van der Waals surface area contributed by atoms with Crippen LogP contribution in [0.1, 0.15) is 24.1 Å². The van der Waals surface area contributed by atoms with E-state index in [4.69, 9.17) is 18.7 Å². The van der Waals surface area contributed by atoms with Crippen LogP contribution in [0.2, 0.25) is 0 Å². The SMILES string of the molecule is COc1cccc(-c2cc(C3(C(=O)N4CCN(Cc5ccc6c(c5)OCO6)CC4)CC3)no2)c1. The number of fused-ring (bicyclic) bond motifs is 1. The second-order valence-corrected chi connectivity index (χ2v) is 9.15. The molecule has 8 nitrogen and oxygen atoms in total. The van der Waals surface area contributed by atoms with Crippen molar-refractivity contribution in [3.05, 3.63) is 59.8 Å². The average molecular weight is 462 g/mol. The number of hydrogen-bond donors (Lipinski definition) is 0. The molecule has 0 spiro atoms. The van der Waals surface area contributed by atoms with Crippen LogP contribution in [0.3, 0.4) is 0 Å². The summed E-state index contributed by atoms with van der Waals surface area (Å²) in [5.41, 5.74) is 2.27. The lowest BCUT2D eigenvalue weighted by atomic mass is 9.99. The summed E-state index contributed by atoms with van der Waals surface area (Å²) < 4.78 is 21.8. The minimum atomic E-state index is -0.542. The molecule has 2 aromatic carbocycles. The van der Waals surface area contributed by atoms with Crippen molar-refractivity contribution in [1.82, 2.24) is 15.0 Å². The Morgan fingerprint density at radius 2 is 1.85 bits per heavy atom. The van der Waals surface area contributed by atoms with Crippen LogP contribution < -0.4 is 14.2 Å². The molecule has 0 bridgehead atoms. The van der Waals surface area contributed by atoms with Gasteiger partial charge in [-0.1, -0.05) is 23.4 Å². The van der Waals surface area contributed by atoms with Gasteiger partial charge in [0.25, 0.3) is 0 Å². The summed E-state index contributed by atoms with van der Waals surface area (Å²) >= 11 is 0. The third kappa shape index (κ3) is 3.77. The van der Waals surface area contributed by atoms with Gasteiger partial charge in [-0.25, -0.2) is 0 Å². The summed E-state index contributed by atoms with van der Waals surface area (Å²) in [6.45, 7) is 4.22. The van der Waals surface area contributed by atoms with Crippen molar-refractivity contribution in [1.29, 1.82) is 0 Å².